The van der Waals surface area contributed by atoms with Crippen LogP contribution in [0, 0.1) is 11.3 Å². The van der Waals surface area contributed by atoms with Gasteiger partial charge >= 0.3 is 0 Å². The maximum atomic E-state index is 5.91. The number of nitrogen functional groups attached to an aromatic ring is 1. The fourth-order valence-corrected chi connectivity index (χ4v) is 3.54. The van der Waals surface area contributed by atoms with Crippen molar-refractivity contribution < 1.29 is 0 Å². The quantitative estimate of drug-likeness (QED) is 0.865. The summed E-state index contributed by atoms with van der Waals surface area (Å²) in [6.07, 6.45) is 6.06. The van der Waals surface area contributed by atoms with E-state index in [-0.39, 0.29) is 0 Å². The summed E-state index contributed by atoms with van der Waals surface area (Å²) in [6.45, 7) is 1.10. The van der Waals surface area contributed by atoms with Gasteiger partial charge in [0.1, 0.15) is 5.82 Å². The first-order valence-electron chi connectivity index (χ1n) is 6.63. The van der Waals surface area contributed by atoms with Gasteiger partial charge in [-0.15, -0.1) is 0 Å². The number of fused-ring (bicyclic) bond motifs is 1. The number of nitrogens with one attached hydrogen (secondary N) is 1. The largest absolute Gasteiger partial charge is 0.384 e. The summed E-state index contributed by atoms with van der Waals surface area (Å²) in [4.78, 5) is 4.14. The predicted octanol–water partition coefficient (Wildman–Crippen LogP) is 3.03. The van der Waals surface area contributed by atoms with Crippen molar-refractivity contribution in [3.63, 3.8) is 0 Å². The van der Waals surface area contributed by atoms with Gasteiger partial charge in [0.2, 0.25) is 0 Å². The molecule has 5 rings (SSSR count). The van der Waals surface area contributed by atoms with Gasteiger partial charge in [-0.1, -0.05) is 12.1 Å². The highest BCUT2D eigenvalue weighted by Gasteiger charge is 2.55. The molecule has 2 aromatic rings. The molecule has 0 saturated heterocycles. The summed E-state index contributed by atoms with van der Waals surface area (Å²) < 4.78 is 0. The van der Waals surface area contributed by atoms with E-state index in [4.69, 9.17) is 5.73 Å². The summed E-state index contributed by atoms with van der Waals surface area (Å²) in [5.74, 6) is 1.65. The second kappa shape index (κ2) is 3.37. The van der Waals surface area contributed by atoms with E-state index in [1.54, 1.807) is 6.20 Å². The highest BCUT2D eigenvalue weighted by atomic mass is 14.9. The van der Waals surface area contributed by atoms with Crippen molar-refractivity contribution >= 4 is 22.3 Å². The van der Waals surface area contributed by atoms with Crippen LogP contribution in [0.2, 0.25) is 0 Å². The van der Waals surface area contributed by atoms with Crippen molar-refractivity contribution in [1.29, 1.82) is 0 Å². The molecule has 3 saturated carbocycles. The second-order valence-electron chi connectivity index (χ2n) is 5.93. The summed E-state index contributed by atoms with van der Waals surface area (Å²) in [7, 11) is 0. The Morgan fingerprint density at radius 3 is 2.78 bits per heavy atom. The Bertz CT molecular complexity index is 603. The van der Waals surface area contributed by atoms with Gasteiger partial charge < -0.3 is 11.1 Å². The number of nitrogens with zero attached hydrogens (tertiary/aromatic N) is 1. The molecule has 0 amide bonds. The van der Waals surface area contributed by atoms with Crippen LogP contribution in [0.3, 0.4) is 0 Å². The van der Waals surface area contributed by atoms with Crippen molar-refractivity contribution in [2.45, 2.75) is 19.3 Å². The molecule has 0 radical (unpaired) electrons. The van der Waals surface area contributed by atoms with E-state index < -0.39 is 0 Å². The number of anilines is 2. The lowest BCUT2D eigenvalue weighted by Gasteiger charge is -2.62. The molecule has 0 spiro atoms. The van der Waals surface area contributed by atoms with Crippen LogP contribution in [0.15, 0.2) is 30.5 Å². The maximum Gasteiger partial charge on any atom is 0.131 e. The first kappa shape index (κ1) is 10.2. The highest BCUT2D eigenvalue weighted by Crippen LogP contribution is 2.64. The number of nitrogens with two attached hydrogens (primary N) is 1. The molecule has 1 aromatic heterocycles. The molecule has 18 heavy (non-hydrogen) atoms. The van der Waals surface area contributed by atoms with Crippen LogP contribution < -0.4 is 11.1 Å². The number of hydrogen-bond acceptors (Lipinski definition) is 3. The van der Waals surface area contributed by atoms with Gasteiger partial charge in [-0.05, 0) is 42.7 Å². The summed E-state index contributed by atoms with van der Waals surface area (Å²) in [6, 6.07) is 8.25. The highest BCUT2D eigenvalue weighted by molar-refractivity contribution is 5.99. The number of pyridine rings is 1. The van der Waals surface area contributed by atoms with Crippen LogP contribution in [0.4, 0.5) is 11.5 Å². The molecule has 3 fully saturated rings. The minimum atomic E-state index is 0.613. The fraction of sp³-hybridized carbons (Fsp3) is 0.400. The summed E-state index contributed by atoms with van der Waals surface area (Å²) >= 11 is 0. The lowest BCUT2D eigenvalue weighted by atomic mass is 9.44. The average molecular weight is 239 g/mol. The van der Waals surface area contributed by atoms with E-state index in [1.807, 2.05) is 18.2 Å². The molecule has 0 atom stereocenters. The molecule has 0 aliphatic heterocycles. The van der Waals surface area contributed by atoms with E-state index in [1.165, 1.54) is 30.3 Å². The van der Waals surface area contributed by atoms with Gasteiger partial charge in [0, 0.05) is 29.2 Å². The molecular formula is C15H17N3. The van der Waals surface area contributed by atoms with Gasteiger partial charge in [-0.2, -0.15) is 0 Å². The number of rotatable bonds is 3. The molecule has 3 heteroatoms. The molecule has 0 unspecified atom stereocenters. The number of hydrogen-bond donors (Lipinski definition) is 2. The van der Waals surface area contributed by atoms with Crippen LogP contribution in [0.1, 0.15) is 19.3 Å². The van der Waals surface area contributed by atoms with E-state index in [0.717, 1.165) is 17.8 Å². The monoisotopic (exact) mass is 239 g/mol. The van der Waals surface area contributed by atoms with Gasteiger partial charge in [0.25, 0.3) is 0 Å². The van der Waals surface area contributed by atoms with E-state index in [0.29, 0.717) is 11.2 Å². The molecule has 1 aromatic carbocycles. The smallest absolute Gasteiger partial charge is 0.131 e. The zero-order valence-electron chi connectivity index (χ0n) is 10.3. The molecule has 1 heterocycles. The maximum absolute atomic E-state index is 5.91. The van der Waals surface area contributed by atoms with E-state index >= 15 is 0 Å². The average Bonchev–Trinajstić information content (AvgIpc) is 2.26. The Morgan fingerprint density at radius 2 is 2.06 bits per heavy atom. The molecule has 3 N–H and O–H groups in total. The second-order valence-corrected chi connectivity index (χ2v) is 5.93. The van der Waals surface area contributed by atoms with Crippen molar-refractivity contribution in [1.82, 2.24) is 4.98 Å². The Morgan fingerprint density at radius 1 is 1.22 bits per heavy atom. The number of benzene rings is 1. The van der Waals surface area contributed by atoms with Gasteiger partial charge in [0.15, 0.2) is 0 Å². The lowest BCUT2D eigenvalue weighted by molar-refractivity contribution is -0.0929. The molecular weight excluding hydrogens is 222 g/mol. The fourth-order valence-electron chi connectivity index (χ4n) is 3.54. The normalized spacial score (nSPS) is 28.6. The van der Waals surface area contributed by atoms with Crippen LogP contribution in [-0.2, 0) is 0 Å². The SMILES string of the molecule is Nc1nccc2c(NCC34CC(C3)C4)cccc12. The van der Waals surface area contributed by atoms with E-state index in [9.17, 15) is 0 Å². The van der Waals surface area contributed by atoms with E-state index in [2.05, 4.69) is 16.4 Å². The minimum absolute atomic E-state index is 0.613. The van der Waals surface area contributed by atoms with Gasteiger partial charge in [0.05, 0.1) is 0 Å². The number of aromatic nitrogens is 1. The van der Waals surface area contributed by atoms with Gasteiger partial charge in [-0.3, -0.25) is 0 Å². The minimum Gasteiger partial charge on any atom is -0.384 e. The predicted molar refractivity (Wildman–Crippen MR) is 74.4 cm³/mol. The Hall–Kier alpha value is -1.77. The summed E-state index contributed by atoms with van der Waals surface area (Å²) in [5, 5.41) is 5.83. The Balaban J connectivity index is 1.65. The van der Waals surface area contributed by atoms with Crippen molar-refractivity contribution in [3.05, 3.63) is 30.5 Å². The van der Waals surface area contributed by atoms with Crippen LogP contribution in [-0.4, -0.2) is 11.5 Å². The van der Waals surface area contributed by atoms with Gasteiger partial charge in [-0.25, -0.2) is 4.98 Å². The van der Waals surface area contributed by atoms with Crippen LogP contribution >= 0.6 is 0 Å². The molecule has 3 aliphatic rings. The lowest BCUT2D eigenvalue weighted by Crippen LogP contribution is -2.55. The van der Waals surface area contributed by atoms with Crippen molar-refractivity contribution in [3.8, 4) is 0 Å². The third-order valence-electron chi connectivity index (χ3n) is 4.66. The zero-order chi connectivity index (χ0) is 12.2. The molecule has 3 nitrogen and oxygen atoms in total. The molecule has 2 bridgehead atoms. The first-order valence-corrected chi connectivity index (χ1v) is 6.63. The Kier molecular flexibility index (Phi) is 1.91. The van der Waals surface area contributed by atoms with Crippen LogP contribution in [0.5, 0.6) is 0 Å². The Labute approximate surface area is 106 Å². The summed E-state index contributed by atoms with van der Waals surface area (Å²) in [5.41, 5.74) is 7.72. The van der Waals surface area contributed by atoms with Crippen molar-refractivity contribution in [2.75, 3.05) is 17.6 Å². The molecule has 92 valence electrons. The van der Waals surface area contributed by atoms with Crippen molar-refractivity contribution in [2.24, 2.45) is 11.3 Å². The third kappa shape index (κ3) is 1.33. The first-order chi connectivity index (χ1) is 8.76. The molecule has 3 aliphatic carbocycles. The van der Waals surface area contributed by atoms with Crippen LogP contribution in [0.25, 0.3) is 10.8 Å². The zero-order valence-corrected chi connectivity index (χ0v) is 10.3. The standard InChI is InChI=1S/C15H17N3/c16-14-12-2-1-3-13(11(12)4-5-17-14)18-9-15-6-10(7-15)8-15/h1-5,10,18H,6-9H2,(H2,16,17). The third-order valence-corrected chi connectivity index (χ3v) is 4.66. The topological polar surface area (TPSA) is 50.9 Å².